The molecule has 0 saturated heterocycles. The molecule has 31 heavy (non-hydrogen) atoms. The minimum Gasteiger partial charge on any atom is -0.377 e. The molecule has 0 saturated carbocycles. The van der Waals surface area contributed by atoms with Crippen LogP contribution in [0.1, 0.15) is 6.92 Å². The third-order valence-electron chi connectivity index (χ3n) is 3.41. The van der Waals surface area contributed by atoms with E-state index >= 15 is 0 Å². The van der Waals surface area contributed by atoms with E-state index < -0.39 is 0 Å². The number of hydrogen-bond donors (Lipinski definition) is 1. The van der Waals surface area contributed by atoms with E-state index in [2.05, 4.69) is 11.2 Å². The van der Waals surface area contributed by atoms with Crippen LogP contribution in [0.5, 0.6) is 0 Å². The van der Waals surface area contributed by atoms with E-state index in [0.717, 1.165) is 0 Å². The van der Waals surface area contributed by atoms with E-state index in [0.29, 0.717) is 112 Å². The van der Waals surface area contributed by atoms with E-state index in [1.54, 1.807) is 0 Å². The Morgan fingerprint density at radius 3 is 1.16 bits per heavy atom. The van der Waals surface area contributed by atoms with Gasteiger partial charge in [0.15, 0.2) is 0 Å². The summed E-state index contributed by atoms with van der Waals surface area (Å²) < 4.78 is 42.6. The standard InChI is InChI=1S/C21H39NO9/c1-3-5-24-7-9-26-11-13-28-15-17-30-19-20-31-18-16-29-14-12-27-10-8-25-6-4-22-21(2)23/h1H,4-20H2,2H3,(H,22,23). The topological polar surface area (TPSA) is 103 Å². The Bertz CT molecular complexity index is 418. The molecule has 0 aliphatic carbocycles. The van der Waals surface area contributed by atoms with E-state index in [4.69, 9.17) is 44.3 Å². The van der Waals surface area contributed by atoms with Crippen LogP contribution in [-0.2, 0) is 42.7 Å². The highest BCUT2D eigenvalue weighted by Gasteiger charge is 1.95. The molecule has 0 fully saturated rings. The summed E-state index contributed by atoms with van der Waals surface area (Å²) in [5.41, 5.74) is 0. The molecule has 0 atom stereocenters. The average Bonchev–Trinajstić information content (AvgIpc) is 2.76. The molecule has 1 N–H and O–H groups in total. The van der Waals surface area contributed by atoms with Gasteiger partial charge in [0.2, 0.25) is 5.91 Å². The highest BCUT2D eigenvalue weighted by atomic mass is 16.6. The highest BCUT2D eigenvalue weighted by Crippen LogP contribution is 1.85. The molecule has 0 unspecified atom stereocenters. The Morgan fingerprint density at radius 1 is 0.581 bits per heavy atom. The predicted octanol–water partition coefficient (Wildman–Crippen LogP) is -0.111. The van der Waals surface area contributed by atoms with Crippen molar-refractivity contribution in [3.63, 3.8) is 0 Å². The number of amides is 1. The second-order valence-corrected chi connectivity index (χ2v) is 6.03. The quantitative estimate of drug-likeness (QED) is 0.151. The Hall–Kier alpha value is -1.29. The second kappa shape index (κ2) is 26.7. The lowest BCUT2D eigenvalue weighted by Crippen LogP contribution is -2.25. The maximum absolute atomic E-state index is 10.6. The second-order valence-electron chi connectivity index (χ2n) is 6.03. The number of hydrogen-bond acceptors (Lipinski definition) is 9. The minimum absolute atomic E-state index is 0.0591. The van der Waals surface area contributed by atoms with Gasteiger partial charge in [0.1, 0.15) is 6.61 Å². The van der Waals surface area contributed by atoms with E-state index in [1.165, 1.54) is 6.92 Å². The predicted molar refractivity (Wildman–Crippen MR) is 114 cm³/mol. The van der Waals surface area contributed by atoms with Gasteiger partial charge in [-0.3, -0.25) is 4.79 Å². The zero-order valence-electron chi connectivity index (χ0n) is 18.8. The molecule has 1 amide bonds. The first kappa shape index (κ1) is 29.7. The van der Waals surface area contributed by atoms with Gasteiger partial charge in [0.25, 0.3) is 0 Å². The Balaban J connectivity index is 3.01. The third-order valence-corrected chi connectivity index (χ3v) is 3.41. The monoisotopic (exact) mass is 449 g/mol. The summed E-state index contributed by atoms with van der Waals surface area (Å²) in [6.07, 6.45) is 5.06. The molecule has 0 aromatic rings. The normalized spacial score (nSPS) is 10.8. The molecule has 0 spiro atoms. The summed E-state index contributed by atoms with van der Waals surface area (Å²) in [6.45, 7) is 9.86. The van der Waals surface area contributed by atoms with E-state index in [9.17, 15) is 4.79 Å². The van der Waals surface area contributed by atoms with Gasteiger partial charge < -0.3 is 43.2 Å². The molecule has 0 bridgehead atoms. The van der Waals surface area contributed by atoms with Crippen molar-refractivity contribution in [3.8, 4) is 12.3 Å². The van der Waals surface area contributed by atoms with Crippen molar-refractivity contribution in [1.82, 2.24) is 5.32 Å². The zero-order valence-corrected chi connectivity index (χ0v) is 18.8. The first-order valence-electron chi connectivity index (χ1n) is 10.6. The van der Waals surface area contributed by atoms with Gasteiger partial charge in [0, 0.05) is 13.5 Å². The molecular formula is C21H39NO9. The van der Waals surface area contributed by atoms with Crippen LogP contribution < -0.4 is 5.32 Å². The number of carbonyl (C=O) groups is 1. The molecule has 10 nitrogen and oxygen atoms in total. The van der Waals surface area contributed by atoms with Crippen LogP contribution in [-0.4, -0.2) is 118 Å². The van der Waals surface area contributed by atoms with Crippen LogP contribution in [0.3, 0.4) is 0 Å². The van der Waals surface area contributed by atoms with Crippen LogP contribution in [0, 0.1) is 12.3 Å². The first-order valence-corrected chi connectivity index (χ1v) is 10.6. The van der Waals surface area contributed by atoms with Gasteiger partial charge >= 0.3 is 0 Å². The van der Waals surface area contributed by atoms with Gasteiger partial charge in [-0.25, -0.2) is 0 Å². The molecule has 182 valence electrons. The van der Waals surface area contributed by atoms with Gasteiger partial charge in [0.05, 0.1) is 99.1 Å². The summed E-state index contributed by atoms with van der Waals surface area (Å²) in [7, 11) is 0. The summed E-state index contributed by atoms with van der Waals surface area (Å²) in [5, 5.41) is 2.65. The van der Waals surface area contributed by atoms with Crippen LogP contribution in [0.2, 0.25) is 0 Å². The minimum atomic E-state index is -0.0591. The summed E-state index contributed by atoms with van der Waals surface area (Å²) in [6, 6.07) is 0. The SMILES string of the molecule is C#CCOCCOCCOCCOCCOCCOCCOCCOCCNC(C)=O. The maximum atomic E-state index is 10.6. The molecule has 10 heteroatoms. The number of rotatable bonds is 25. The van der Waals surface area contributed by atoms with Crippen molar-refractivity contribution in [2.45, 2.75) is 6.92 Å². The molecular weight excluding hydrogens is 410 g/mol. The number of nitrogens with one attached hydrogen (secondary N) is 1. The number of ether oxygens (including phenoxy) is 8. The van der Waals surface area contributed by atoms with Gasteiger partial charge in [-0.1, -0.05) is 5.92 Å². The highest BCUT2D eigenvalue weighted by molar-refractivity contribution is 5.72. The lowest BCUT2D eigenvalue weighted by Gasteiger charge is -2.08. The average molecular weight is 450 g/mol. The third kappa shape index (κ3) is 28.7. The smallest absolute Gasteiger partial charge is 0.216 e. The molecule has 0 aliphatic rings. The molecule has 0 rings (SSSR count). The lowest BCUT2D eigenvalue weighted by molar-refractivity contribution is -0.119. The van der Waals surface area contributed by atoms with Crippen LogP contribution in [0.15, 0.2) is 0 Å². The fourth-order valence-electron chi connectivity index (χ4n) is 1.97. The molecule has 0 aliphatic heterocycles. The Labute approximate surface area is 186 Å². The largest absolute Gasteiger partial charge is 0.377 e. The Morgan fingerprint density at radius 2 is 0.871 bits per heavy atom. The van der Waals surface area contributed by atoms with Crippen molar-refractivity contribution in [1.29, 1.82) is 0 Å². The van der Waals surface area contributed by atoms with Crippen molar-refractivity contribution in [2.75, 3.05) is 112 Å². The number of carbonyl (C=O) groups excluding carboxylic acids is 1. The summed E-state index contributed by atoms with van der Waals surface area (Å²) in [5.74, 6) is 2.33. The van der Waals surface area contributed by atoms with Crippen molar-refractivity contribution < 1.29 is 42.7 Å². The van der Waals surface area contributed by atoms with Crippen LogP contribution >= 0.6 is 0 Å². The molecule has 0 radical (unpaired) electrons. The molecule has 0 aromatic carbocycles. The molecule has 0 aromatic heterocycles. The fourth-order valence-corrected chi connectivity index (χ4v) is 1.97. The summed E-state index contributed by atoms with van der Waals surface area (Å²) in [4.78, 5) is 10.6. The lowest BCUT2D eigenvalue weighted by atomic mass is 10.6. The van der Waals surface area contributed by atoms with Crippen LogP contribution in [0.25, 0.3) is 0 Å². The Kier molecular flexibility index (Phi) is 25.6. The van der Waals surface area contributed by atoms with Crippen molar-refractivity contribution in [3.05, 3.63) is 0 Å². The number of terminal acetylenes is 1. The van der Waals surface area contributed by atoms with E-state index in [1.807, 2.05) is 0 Å². The maximum Gasteiger partial charge on any atom is 0.216 e. The van der Waals surface area contributed by atoms with Gasteiger partial charge in [-0.05, 0) is 0 Å². The zero-order chi connectivity index (χ0) is 22.7. The van der Waals surface area contributed by atoms with Gasteiger partial charge in [-0.2, -0.15) is 0 Å². The molecule has 0 heterocycles. The summed E-state index contributed by atoms with van der Waals surface area (Å²) >= 11 is 0. The first-order chi connectivity index (χ1) is 15.3. The van der Waals surface area contributed by atoms with Crippen LogP contribution in [0.4, 0.5) is 0 Å². The fraction of sp³-hybridized carbons (Fsp3) is 0.857. The van der Waals surface area contributed by atoms with Gasteiger partial charge in [-0.15, -0.1) is 6.42 Å². The van der Waals surface area contributed by atoms with Crippen molar-refractivity contribution in [2.24, 2.45) is 0 Å². The van der Waals surface area contributed by atoms with E-state index in [-0.39, 0.29) is 5.91 Å². The van der Waals surface area contributed by atoms with Crippen molar-refractivity contribution >= 4 is 5.91 Å².